The molecule has 61 heavy (non-hydrogen) atoms. The van der Waals surface area contributed by atoms with Crippen LogP contribution in [0.3, 0.4) is 0 Å². The van der Waals surface area contributed by atoms with E-state index in [0.717, 1.165) is 25.7 Å². The number of aromatic carboxylic acids is 4. The van der Waals surface area contributed by atoms with E-state index in [1.54, 1.807) is 121 Å². The summed E-state index contributed by atoms with van der Waals surface area (Å²) in [7, 11) is 0. The summed E-state index contributed by atoms with van der Waals surface area (Å²) >= 11 is 0. The van der Waals surface area contributed by atoms with Crippen molar-refractivity contribution in [1.29, 1.82) is 0 Å². The zero-order valence-electron chi connectivity index (χ0n) is 37.1. The van der Waals surface area contributed by atoms with E-state index in [2.05, 4.69) is 20.8 Å². The van der Waals surface area contributed by atoms with Crippen LogP contribution in [-0.4, -0.2) is 82.7 Å². The first-order valence-corrected chi connectivity index (χ1v) is 20.5. The Morgan fingerprint density at radius 1 is 0.492 bits per heavy atom. The third-order valence-electron chi connectivity index (χ3n) is 9.78. The van der Waals surface area contributed by atoms with E-state index in [4.69, 9.17) is 20.4 Å². The molecule has 0 heterocycles. The number of rotatable bonds is 14. The van der Waals surface area contributed by atoms with Crippen molar-refractivity contribution in [2.24, 2.45) is 29.6 Å². The van der Waals surface area contributed by atoms with E-state index < -0.39 is 29.7 Å². The average Bonchev–Trinajstić information content (AvgIpc) is 3.25. The molecule has 0 spiro atoms. The number of hydrogen-bond acceptors (Lipinski definition) is 8. The Balaban J connectivity index is 0. The van der Waals surface area contributed by atoms with E-state index in [-0.39, 0.29) is 30.0 Å². The number of carboxylic acid groups (broad SMARTS) is 4. The lowest BCUT2D eigenvalue weighted by Crippen LogP contribution is -2.36. The Bertz CT molecular complexity index is 1530. The van der Waals surface area contributed by atoms with Crippen LogP contribution in [0.2, 0.25) is 0 Å². The molecule has 12 heteroatoms. The minimum absolute atomic E-state index is 0.0370. The summed E-state index contributed by atoms with van der Waals surface area (Å²) in [6.07, 6.45) is 3.06. The van der Waals surface area contributed by atoms with Crippen LogP contribution in [0, 0.1) is 29.6 Å². The van der Waals surface area contributed by atoms with Gasteiger partial charge in [0.1, 0.15) is 0 Å². The van der Waals surface area contributed by atoms with Gasteiger partial charge in [-0.05, 0) is 92.5 Å². The fourth-order valence-corrected chi connectivity index (χ4v) is 5.41. The molecule has 0 saturated carbocycles. The van der Waals surface area contributed by atoms with Gasteiger partial charge in [-0.3, -0.25) is 0 Å². The standard InChI is InChI=1S/C11H24O2.C10H22O2.4C7H6O2/c1-6-8(2)7-9(3)10(4)11(5,12)13;1-5-8(9(11)6-2)10(12)7(3)4;4*8-7(9)6-4-2-1-3-5-6/h8-10,12-13H,6-7H2,1-5H3;7-12H,5-6H2,1-4H3;4*1-5H,(H,8,9). The van der Waals surface area contributed by atoms with Crippen molar-refractivity contribution in [2.75, 3.05) is 0 Å². The lowest BCUT2D eigenvalue weighted by molar-refractivity contribution is -0.192. The van der Waals surface area contributed by atoms with Crippen LogP contribution in [0.4, 0.5) is 0 Å². The molecule has 0 aliphatic rings. The first-order valence-electron chi connectivity index (χ1n) is 20.5. The van der Waals surface area contributed by atoms with Crippen molar-refractivity contribution in [3.8, 4) is 0 Å². The highest BCUT2D eigenvalue weighted by Gasteiger charge is 2.30. The van der Waals surface area contributed by atoms with Crippen LogP contribution in [0.1, 0.15) is 129 Å². The molecule has 0 bridgehead atoms. The summed E-state index contributed by atoms with van der Waals surface area (Å²) in [5.74, 6) is -3.83. The molecular weight excluding hydrogens is 781 g/mol. The molecule has 0 amide bonds. The van der Waals surface area contributed by atoms with Gasteiger partial charge < -0.3 is 40.9 Å². The predicted molar refractivity (Wildman–Crippen MR) is 240 cm³/mol. The summed E-state index contributed by atoms with van der Waals surface area (Å²) < 4.78 is 0. The highest BCUT2D eigenvalue weighted by atomic mass is 16.5. The van der Waals surface area contributed by atoms with Gasteiger partial charge >= 0.3 is 23.9 Å². The second-order valence-electron chi connectivity index (χ2n) is 15.1. The van der Waals surface area contributed by atoms with Crippen LogP contribution in [0.15, 0.2) is 121 Å². The summed E-state index contributed by atoms with van der Waals surface area (Å²) in [4.78, 5) is 40.8. The molecule has 0 aliphatic carbocycles. The van der Waals surface area contributed by atoms with Gasteiger partial charge in [0.25, 0.3) is 0 Å². The van der Waals surface area contributed by atoms with Crippen LogP contribution >= 0.6 is 0 Å². The van der Waals surface area contributed by atoms with E-state index in [0.29, 0.717) is 34.1 Å². The first kappa shape index (κ1) is 57.7. The van der Waals surface area contributed by atoms with Crippen molar-refractivity contribution >= 4 is 23.9 Å². The third-order valence-corrected chi connectivity index (χ3v) is 9.78. The van der Waals surface area contributed by atoms with Gasteiger partial charge in [0.05, 0.1) is 34.5 Å². The van der Waals surface area contributed by atoms with Crippen molar-refractivity contribution in [1.82, 2.24) is 0 Å². The van der Waals surface area contributed by atoms with Crippen molar-refractivity contribution in [3.63, 3.8) is 0 Å². The highest BCUT2D eigenvalue weighted by Crippen LogP contribution is 2.28. The fourth-order valence-electron chi connectivity index (χ4n) is 5.41. The molecule has 4 rings (SSSR count). The molecule has 338 valence electrons. The minimum Gasteiger partial charge on any atom is -0.478 e. The molecule has 6 unspecified atom stereocenters. The predicted octanol–water partition coefficient (Wildman–Crippen LogP) is 9.74. The normalized spacial score (nSPS) is 13.2. The minimum atomic E-state index is -1.53. The topological polar surface area (TPSA) is 230 Å². The number of hydrogen-bond donors (Lipinski definition) is 8. The largest absolute Gasteiger partial charge is 0.478 e. The van der Waals surface area contributed by atoms with E-state index in [9.17, 15) is 39.6 Å². The van der Waals surface area contributed by atoms with E-state index >= 15 is 0 Å². The maximum absolute atomic E-state index is 10.2. The fraction of sp³-hybridized carbons (Fsp3) is 0.429. The summed E-state index contributed by atoms with van der Waals surface area (Å²) in [5, 5.41) is 71.6. The van der Waals surface area contributed by atoms with Gasteiger partial charge in [-0.1, -0.05) is 135 Å². The number of aliphatic hydroxyl groups excluding tert-OH is 2. The van der Waals surface area contributed by atoms with E-state index in [1.165, 1.54) is 6.92 Å². The van der Waals surface area contributed by atoms with Crippen molar-refractivity contribution in [3.05, 3.63) is 144 Å². The van der Waals surface area contributed by atoms with Crippen LogP contribution < -0.4 is 0 Å². The molecule has 0 fully saturated rings. The highest BCUT2D eigenvalue weighted by molar-refractivity contribution is 5.88. The molecule has 0 radical (unpaired) electrons. The number of aliphatic hydroxyl groups is 4. The van der Waals surface area contributed by atoms with Gasteiger partial charge in [-0.15, -0.1) is 0 Å². The lowest BCUT2D eigenvalue weighted by atomic mass is 9.82. The Labute approximate surface area is 362 Å². The molecule has 0 aromatic heterocycles. The zero-order chi connectivity index (χ0) is 47.1. The number of carbonyl (C=O) groups is 4. The van der Waals surface area contributed by atoms with Crippen LogP contribution in [0.25, 0.3) is 0 Å². The average molecular weight is 851 g/mol. The van der Waals surface area contributed by atoms with Crippen LogP contribution in [-0.2, 0) is 0 Å². The van der Waals surface area contributed by atoms with Gasteiger partial charge in [0, 0.05) is 11.8 Å². The lowest BCUT2D eigenvalue weighted by Gasteiger charge is -2.30. The molecule has 0 saturated heterocycles. The smallest absolute Gasteiger partial charge is 0.335 e. The first-order chi connectivity index (χ1) is 28.5. The van der Waals surface area contributed by atoms with Gasteiger partial charge in [0.2, 0.25) is 0 Å². The second-order valence-corrected chi connectivity index (χ2v) is 15.1. The molecular formula is C49H70O12. The molecule has 8 N–H and O–H groups in total. The van der Waals surface area contributed by atoms with E-state index in [1.807, 2.05) is 34.6 Å². The Morgan fingerprint density at radius 3 is 0.934 bits per heavy atom. The van der Waals surface area contributed by atoms with Crippen molar-refractivity contribution in [2.45, 2.75) is 106 Å². The van der Waals surface area contributed by atoms with Crippen LogP contribution in [0.5, 0.6) is 0 Å². The van der Waals surface area contributed by atoms with Gasteiger partial charge in [-0.2, -0.15) is 0 Å². The number of benzene rings is 4. The summed E-state index contributed by atoms with van der Waals surface area (Å²) in [5.41, 5.74) is 1.32. The Kier molecular flexibility index (Phi) is 30.6. The molecule has 0 aliphatic heterocycles. The molecule has 12 nitrogen and oxygen atoms in total. The second kappa shape index (κ2) is 32.4. The quantitative estimate of drug-likeness (QED) is 0.0555. The SMILES string of the molecule is CCC(C)CC(C)C(C)C(C)(O)O.CCC(O)C(CC)C(O)C(C)C.O=C(O)c1ccccc1.O=C(O)c1ccccc1.O=C(O)c1ccccc1.O=C(O)c1ccccc1. The Hall–Kier alpha value is -5.40. The maximum Gasteiger partial charge on any atom is 0.335 e. The third kappa shape index (κ3) is 27.1. The Morgan fingerprint density at radius 2 is 0.770 bits per heavy atom. The molecule has 6 atom stereocenters. The summed E-state index contributed by atoms with van der Waals surface area (Å²) in [6.45, 7) is 17.7. The molecule has 4 aromatic carbocycles. The van der Waals surface area contributed by atoms with Gasteiger partial charge in [0.15, 0.2) is 5.79 Å². The summed E-state index contributed by atoms with van der Waals surface area (Å²) in [6, 6.07) is 33.2. The van der Waals surface area contributed by atoms with Crippen molar-refractivity contribution < 1.29 is 60.0 Å². The number of carboxylic acids is 4. The molecule has 4 aromatic rings. The zero-order valence-corrected chi connectivity index (χ0v) is 37.1. The monoisotopic (exact) mass is 850 g/mol. The maximum atomic E-state index is 10.2. The van der Waals surface area contributed by atoms with Gasteiger partial charge in [-0.25, -0.2) is 19.2 Å².